The monoisotopic (exact) mass is 306 g/mol. The van der Waals surface area contributed by atoms with Crippen LogP contribution in [0.1, 0.15) is 11.7 Å². The van der Waals surface area contributed by atoms with E-state index in [4.69, 9.17) is 4.74 Å². The van der Waals surface area contributed by atoms with Crippen molar-refractivity contribution < 1.29 is 19.1 Å². The molecule has 0 bridgehead atoms. The Labute approximate surface area is 128 Å². The van der Waals surface area contributed by atoms with Crippen LogP contribution in [-0.4, -0.2) is 66.5 Å². The minimum absolute atomic E-state index is 0.0719. The van der Waals surface area contributed by atoms with Crippen molar-refractivity contribution in [2.45, 2.75) is 6.04 Å². The Morgan fingerprint density at radius 3 is 2.82 bits per heavy atom. The minimum atomic E-state index is -0.548. The number of carbonyl (C=O) groups excluding carboxylic acids is 3. The molecule has 1 N–H and O–H groups in total. The number of ether oxygens (including phenoxy) is 1. The number of imide groups is 1. The fourth-order valence-corrected chi connectivity index (χ4v) is 2.16. The van der Waals surface area contributed by atoms with E-state index in [9.17, 15) is 14.4 Å². The summed E-state index contributed by atoms with van der Waals surface area (Å²) in [4.78, 5) is 42.0. The highest BCUT2D eigenvalue weighted by Gasteiger charge is 2.32. The Morgan fingerprint density at radius 2 is 2.27 bits per heavy atom. The van der Waals surface area contributed by atoms with E-state index in [1.807, 2.05) is 6.07 Å². The highest BCUT2D eigenvalue weighted by atomic mass is 16.5. The Bertz CT molecular complexity index is 547. The van der Waals surface area contributed by atoms with Gasteiger partial charge in [-0.25, -0.2) is 4.79 Å². The SMILES string of the molecule is COCC(c1ccccn1)N(C)C(=O)CN1C(=O)CNC1=O. The first-order chi connectivity index (χ1) is 10.5. The van der Waals surface area contributed by atoms with Gasteiger partial charge >= 0.3 is 6.03 Å². The number of methoxy groups -OCH3 is 1. The quantitative estimate of drug-likeness (QED) is 0.734. The zero-order valence-corrected chi connectivity index (χ0v) is 12.5. The first-order valence-corrected chi connectivity index (χ1v) is 6.78. The fraction of sp³-hybridized carbons (Fsp3) is 0.429. The normalized spacial score (nSPS) is 15.6. The van der Waals surface area contributed by atoms with E-state index in [1.165, 1.54) is 12.0 Å². The molecule has 118 valence electrons. The van der Waals surface area contributed by atoms with E-state index in [-0.39, 0.29) is 31.6 Å². The fourth-order valence-electron chi connectivity index (χ4n) is 2.16. The third-order valence-corrected chi connectivity index (χ3v) is 3.45. The van der Waals surface area contributed by atoms with E-state index in [0.717, 1.165) is 4.90 Å². The molecule has 1 aliphatic rings. The predicted molar refractivity (Wildman–Crippen MR) is 76.7 cm³/mol. The van der Waals surface area contributed by atoms with Crippen molar-refractivity contribution in [3.63, 3.8) is 0 Å². The standard InChI is InChI=1S/C14H18N4O4/c1-17(11(9-22-2)10-5-3-4-6-15-10)13(20)8-18-12(19)7-16-14(18)21/h3-6,11H,7-9H2,1-2H3,(H,16,21). The summed E-state index contributed by atoms with van der Waals surface area (Å²) in [5.74, 6) is -0.772. The molecule has 0 saturated carbocycles. The molecule has 1 saturated heterocycles. The molecule has 1 aromatic heterocycles. The van der Waals surface area contributed by atoms with Crippen molar-refractivity contribution in [2.75, 3.05) is 33.9 Å². The lowest BCUT2D eigenvalue weighted by atomic mass is 10.1. The molecule has 0 aliphatic carbocycles. The number of hydrogen-bond donors (Lipinski definition) is 1. The van der Waals surface area contributed by atoms with Gasteiger partial charge in [0.25, 0.3) is 5.91 Å². The largest absolute Gasteiger partial charge is 0.382 e. The third kappa shape index (κ3) is 3.40. The highest BCUT2D eigenvalue weighted by Crippen LogP contribution is 2.18. The second-order valence-corrected chi connectivity index (χ2v) is 4.87. The molecular weight excluding hydrogens is 288 g/mol. The number of aromatic nitrogens is 1. The zero-order chi connectivity index (χ0) is 16.1. The van der Waals surface area contributed by atoms with Crippen molar-refractivity contribution in [2.24, 2.45) is 0 Å². The maximum atomic E-state index is 12.3. The van der Waals surface area contributed by atoms with Crippen LogP contribution in [0.3, 0.4) is 0 Å². The summed E-state index contributed by atoms with van der Waals surface area (Å²) in [6.07, 6.45) is 1.63. The van der Waals surface area contributed by atoms with Crippen LogP contribution in [0.15, 0.2) is 24.4 Å². The van der Waals surface area contributed by atoms with Crippen molar-refractivity contribution in [1.82, 2.24) is 20.1 Å². The molecule has 1 aliphatic heterocycles. The summed E-state index contributed by atoms with van der Waals surface area (Å²) >= 11 is 0. The van der Waals surface area contributed by atoms with E-state index in [0.29, 0.717) is 5.69 Å². The second kappa shape index (κ2) is 6.99. The van der Waals surface area contributed by atoms with Gasteiger partial charge in [-0.3, -0.25) is 19.5 Å². The van der Waals surface area contributed by atoms with Crippen LogP contribution in [0.5, 0.6) is 0 Å². The number of pyridine rings is 1. The molecule has 4 amide bonds. The lowest BCUT2D eigenvalue weighted by molar-refractivity contribution is -0.138. The average Bonchev–Trinajstić information content (AvgIpc) is 2.84. The molecular formula is C14H18N4O4. The molecule has 1 atom stereocenters. The summed E-state index contributed by atoms with van der Waals surface area (Å²) in [7, 11) is 3.13. The highest BCUT2D eigenvalue weighted by molar-refractivity contribution is 6.04. The summed E-state index contributed by atoms with van der Waals surface area (Å²) in [6.45, 7) is -0.106. The Morgan fingerprint density at radius 1 is 1.50 bits per heavy atom. The maximum Gasteiger partial charge on any atom is 0.325 e. The Kier molecular flexibility index (Phi) is 5.05. The molecule has 8 nitrogen and oxygen atoms in total. The molecule has 1 unspecified atom stereocenters. The van der Waals surface area contributed by atoms with E-state index >= 15 is 0 Å². The van der Waals surface area contributed by atoms with Gasteiger partial charge in [-0.05, 0) is 12.1 Å². The van der Waals surface area contributed by atoms with Crippen LogP contribution >= 0.6 is 0 Å². The van der Waals surface area contributed by atoms with Gasteiger partial charge in [0.2, 0.25) is 5.91 Å². The average molecular weight is 306 g/mol. The van der Waals surface area contributed by atoms with Crippen LogP contribution < -0.4 is 5.32 Å². The first-order valence-electron chi connectivity index (χ1n) is 6.78. The second-order valence-electron chi connectivity index (χ2n) is 4.87. The Hall–Kier alpha value is -2.48. The zero-order valence-electron chi connectivity index (χ0n) is 12.5. The van der Waals surface area contributed by atoms with Crippen LogP contribution in [0.25, 0.3) is 0 Å². The van der Waals surface area contributed by atoms with Crippen LogP contribution in [0.2, 0.25) is 0 Å². The number of amides is 4. The van der Waals surface area contributed by atoms with E-state index < -0.39 is 11.9 Å². The molecule has 2 rings (SSSR count). The van der Waals surface area contributed by atoms with E-state index in [1.54, 1.807) is 25.4 Å². The van der Waals surface area contributed by atoms with Crippen molar-refractivity contribution in [1.29, 1.82) is 0 Å². The topological polar surface area (TPSA) is 91.8 Å². The van der Waals surface area contributed by atoms with Gasteiger partial charge in [0.15, 0.2) is 0 Å². The van der Waals surface area contributed by atoms with Gasteiger partial charge in [0, 0.05) is 20.4 Å². The molecule has 0 aromatic carbocycles. The van der Waals surface area contributed by atoms with Crippen LogP contribution in [0, 0.1) is 0 Å². The van der Waals surface area contributed by atoms with Crippen LogP contribution in [0.4, 0.5) is 4.79 Å². The molecule has 1 aromatic rings. The third-order valence-electron chi connectivity index (χ3n) is 3.45. The van der Waals surface area contributed by atoms with Crippen molar-refractivity contribution >= 4 is 17.8 Å². The van der Waals surface area contributed by atoms with Gasteiger partial charge in [0.1, 0.15) is 6.54 Å². The summed E-state index contributed by atoms with van der Waals surface area (Å²) in [6, 6.07) is 4.46. The van der Waals surface area contributed by atoms with Crippen LogP contribution in [-0.2, 0) is 14.3 Å². The molecule has 1 fully saturated rings. The Balaban J connectivity index is 2.09. The van der Waals surface area contributed by atoms with E-state index in [2.05, 4.69) is 10.3 Å². The molecule has 22 heavy (non-hydrogen) atoms. The predicted octanol–water partition coefficient (Wildman–Crippen LogP) is -0.221. The molecule has 2 heterocycles. The number of nitrogens with zero attached hydrogens (tertiary/aromatic N) is 3. The maximum absolute atomic E-state index is 12.3. The lowest BCUT2D eigenvalue weighted by Crippen LogP contribution is -2.43. The molecule has 0 radical (unpaired) electrons. The summed E-state index contributed by atoms with van der Waals surface area (Å²) in [5, 5.41) is 2.38. The van der Waals surface area contributed by atoms with Crippen molar-refractivity contribution in [3.05, 3.63) is 30.1 Å². The smallest absolute Gasteiger partial charge is 0.325 e. The van der Waals surface area contributed by atoms with Gasteiger partial charge in [-0.15, -0.1) is 0 Å². The molecule has 0 spiro atoms. The number of rotatable bonds is 6. The number of hydrogen-bond acceptors (Lipinski definition) is 5. The minimum Gasteiger partial charge on any atom is -0.382 e. The first kappa shape index (κ1) is 15.9. The summed E-state index contributed by atoms with van der Waals surface area (Å²) < 4.78 is 5.15. The van der Waals surface area contributed by atoms with Gasteiger partial charge < -0.3 is 15.0 Å². The van der Waals surface area contributed by atoms with Gasteiger partial charge in [-0.2, -0.15) is 0 Å². The number of carbonyl (C=O) groups is 3. The lowest BCUT2D eigenvalue weighted by Gasteiger charge is -2.28. The van der Waals surface area contributed by atoms with Crippen molar-refractivity contribution in [3.8, 4) is 0 Å². The van der Waals surface area contributed by atoms with Gasteiger partial charge in [-0.1, -0.05) is 6.07 Å². The summed E-state index contributed by atoms with van der Waals surface area (Å²) in [5.41, 5.74) is 0.678. The van der Waals surface area contributed by atoms with Gasteiger partial charge in [0.05, 0.1) is 24.9 Å². The number of likely N-dealkylation sites (N-methyl/N-ethyl adjacent to an activating group) is 1. The number of nitrogens with one attached hydrogen (secondary N) is 1. The molecule has 8 heteroatoms. The number of urea groups is 1.